The van der Waals surface area contributed by atoms with E-state index in [1.54, 1.807) is 6.07 Å². The summed E-state index contributed by atoms with van der Waals surface area (Å²) >= 11 is 3.17. The molecular formula is C8H8BrNaO4S. The van der Waals surface area contributed by atoms with Crippen LogP contribution in [-0.4, -0.2) is 18.1 Å². The Morgan fingerprint density at radius 1 is 1.47 bits per heavy atom. The summed E-state index contributed by atoms with van der Waals surface area (Å²) in [6, 6.07) is 4.43. The quantitative estimate of drug-likeness (QED) is 0.522. The number of aliphatic hydroxyl groups excluding tert-OH is 1. The van der Waals surface area contributed by atoms with Gasteiger partial charge in [0.15, 0.2) is 5.44 Å². The zero-order chi connectivity index (χ0) is 10.9. The van der Waals surface area contributed by atoms with Gasteiger partial charge in [0.2, 0.25) is 0 Å². The molecule has 0 saturated carbocycles. The van der Waals surface area contributed by atoms with E-state index in [0.717, 1.165) is 5.56 Å². The average molecular weight is 303 g/mol. The second-order valence-corrected chi connectivity index (χ2v) is 5.14. The van der Waals surface area contributed by atoms with Gasteiger partial charge in [-0.2, -0.15) is 0 Å². The van der Waals surface area contributed by atoms with Gasteiger partial charge in [-0.15, -0.1) is 0 Å². The molecule has 1 aromatic rings. The van der Waals surface area contributed by atoms with Crippen LogP contribution in [0.4, 0.5) is 0 Å². The van der Waals surface area contributed by atoms with E-state index in [-0.39, 0.29) is 35.1 Å². The monoisotopic (exact) mass is 302 g/mol. The van der Waals surface area contributed by atoms with Crippen molar-refractivity contribution in [2.24, 2.45) is 0 Å². The number of aliphatic hydroxyl groups is 1. The summed E-state index contributed by atoms with van der Waals surface area (Å²) < 4.78 is 32.2. The molecule has 0 aliphatic rings. The van der Waals surface area contributed by atoms with Crippen LogP contribution in [0, 0.1) is 6.92 Å². The van der Waals surface area contributed by atoms with E-state index in [2.05, 4.69) is 15.9 Å². The van der Waals surface area contributed by atoms with Crippen molar-refractivity contribution in [1.29, 1.82) is 0 Å². The maximum atomic E-state index is 10.5. The second-order valence-electron chi connectivity index (χ2n) is 2.85. The van der Waals surface area contributed by atoms with Crippen molar-refractivity contribution >= 4 is 26.0 Å². The van der Waals surface area contributed by atoms with E-state index in [0.29, 0.717) is 4.47 Å². The second kappa shape index (κ2) is 5.77. The minimum absolute atomic E-state index is 0. The minimum Gasteiger partial charge on any atom is -0.746 e. The smallest absolute Gasteiger partial charge is 0.746 e. The number of halogens is 1. The van der Waals surface area contributed by atoms with Crippen molar-refractivity contribution in [3.63, 3.8) is 0 Å². The van der Waals surface area contributed by atoms with Gasteiger partial charge in [-0.3, -0.25) is 0 Å². The summed E-state index contributed by atoms with van der Waals surface area (Å²) in [5.74, 6) is 0. The summed E-state index contributed by atoms with van der Waals surface area (Å²) in [6.45, 7) is 1.81. The van der Waals surface area contributed by atoms with Crippen LogP contribution >= 0.6 is 15.9 Å². The van der Waals surface area contributed by atoms with Gasteiger partial charge in [0, 0.05) is 4.47 Å². The predicted molar refractivity (Wildman–Crippen MR) is 53.5 cm³/mol. The first-order valence-corrected chi connectivity index (χ1v) is 5.97. The van der Waals surface area contributed by atoms with Crippen molar-refractivity contribution in [2.45, 2.75) is 12.4 Å². The van der Waals surface area contributed by atoms with Crippen LogP contribution in [0.15, 0.2) is 22.7 Å². The summed E-state index contributed by atoms with van der Waals surface area (Å²) in [5, 5.41) is 9.15. The van der Waals surface area contributed by atoms with Crippen LogP contribution in [-0.2, 0) is 10.1 Å². The molecule has 0 saturated heterocycles. The Morgan fingerprint density at radius 2 is 2.00 bits per heavy atom. The van der Waals surface area contributed by atoms with Crippen LogP contribution in [0.5, 0.6) is 0 Å². The zero-order valence-electron chi connectivity index (χ0n) is 8.27. The third kappa shape index (κ3) is 4.14. The van der Waals surface area contributed by atoms with Crippen molar-refractivity contribution in [2.75, 3.05) is 0 Å². The maximum absolute atomic E-state index is 10.5. The van der Waals surface area contributed by atoms with Gasteiger partial charge in [-0.1, -0.05) is 28.1 Å². The fourth-order valence-electron chi connectivity index (χ4n) is 0.929. The van der Waals surface area contributed by atoms with Crippen LogP contribution < -0.4 is 29.6 Å². The maximum Gasteiger partial charge on any atom is 1.00 e. The van der Waals surface area contributed by atoms with Gasteiger partial charge in [-0.05, 0) is 24.1 Å². The predicted octanol–water partition coefficient (Wildman–Crippen LogP) is -1.70. The molecule has 7 heteroatoms. The van der Waals surface area contributed by atoms with E-state index in [1.807, 2.05) is 6.92 Å². The topological polar surface area (TPSA) is 77.4 Å². The molecular weight excluding hydrogens is 295 g/mol. The Bertz CT molecular complexity index is 446. The molecule has 0 aromatic heterocycles. The van der Waals surface area contributed by atoms with E-state index in [1.165, 1.54) is 12.1 Å². The molecule has 0 radical (unpaired) electrons. The Labute approximate surface area is 119 Å². The van der Waals surface area contributed by atoms with Gasteiger partial charge in [-0.25, -0.2) is 8.42 Å². The summed E-state index contributed by atoms with van der Waals surface area (Å²) in [7, 11) is -4.70. The Kier molecular flexibility index (Phi) is 5.99. The van der Waals surface area contributed by atoms with Crippen LogP contribution in [0.1, 0.15) is 16.6 Å². The zero-order valence-corrected chi connectivity index (χ0v) is 12.7. The number of benzene rings is 1. The number of hydrogen-bond donors (Lipinski definition) is 1. The first-order chi connectivity index (χ1) is 6.32. The van der Waals surface area contributed by atoms with Gasteiger partial charge in [0.1, 0.15) is 10.1 Å². The molecule has 0 bridgehead atoms. The molecule has 1 atom stereocenters. The third-order valence-electron chi connectivity index (χ3n) is 1.75. The SMILES string of the molecule is Cc1ccc(C(O)S(=O)(=O)[O-])cc1Br.[Na+]. The van der Waals surface area contributed by atoms with Crippen molar-refractivity contribution in [3.05, 3.63) is 33.8 Å². The molecule has 0 heterocycles. The largest absolute Gasteiger partial charge is 1.00 e. The normalized spacial score (nSPS) is 13.1. The Balaban J connectivity index is 0.00000196. The van der Waals surface area contributed by atoms with Crippen molar-refractivity contribution in [3.8, 4) is 0 Å². The van der Waals surface area contributed by atoms with Gasteiger partial charge in [0.25, 0.3) is 0 Å². The molecule has 0 spiro atoms. The van der Waals surface area contributed by atoms with Crippen molar-refractivity contribution < 1.29 is 47.6 Å². The molecule has 1 aromatic carbocycles. The Hall–Kier alpha value is 0.570. The summed E-state index contributed by atoms with van der Waals surface area (Å²) in [4.78, 5) is 0. The first-order valence-electron chi connectivity index (χ1n) is 3.71. The molecule has 1 rings (SSSR count). The molecule has 0 aliphatic carbocycles. The molecule has 4 nitrogen and oxygen atoms in total. The molecule has 0 aliphatic heterocycles. The number of hydrogen-bond acceptors (Lipinski definition) is 4. The molecule has 0 amide bonds. The van der Waals surface area contributed by atoms with Gasteiger partial charge >= 0.3 is 29.6 Å². The number of aryl methyl sites for hydroxylation is 1. The molecule has 1 unspecified atom stereocenters. The number of rotatable bonds is 2. The van der Waals surface area contributed by atoms with Crippen molar-refractivity contribution in [1.82, 2.24) is 0 Å². The van der Waals surface area contributed by atoms with E-state index in [9.17, 15) is 13.0 Å². The fourth-order valence-corrected chi connectivity index (χ4v) is 1.81. The standard InChI is InChI=1S/C8H9BrO4S.Na/c1-5-2-3-6(4-7(5)9)8(10)14(11,12)13;/h2-4,8,10H,1H3,(H,11,12,13);/q;+1/p-1. The summed E-state index contributed by atoms with van der Waals surface area (Å²) in [5.41, 5.74) is -1.04. The summed E-state index contributed by atoms with van der Waals surface area (Å²) in [6.07, 6.45) is 0. The Morgan fingerprint density at radius 3 is 2.40 bits per heavy atom. The van der Waals surface area contributed by atoms with Crippen LogP contribution in [0.2, 0.25) is 0 Å². The van der Waals surface area contributed by atoms with E-state index in [4.69, 9.17) is 5.11 Å². The molecule has 78 valence electrons. The molecule has 0 fully saturated rings. The van der Waals surface area contributed by atoms with Gasteiger partial charge in [0.05, 0.1) is 0 Å². The molecule has 1 N–H and O–H groups in total. The van der Waals surface area contributed by atoms with Gasteiger partial charge < -0.3 is 9.66 Å². The first kappa shape index (κ1) is 15.6. The fraction of sp³-hybridized carbons (Fsp3) is 0.250. The van der Waals surface area contributed by atoms with Crippen LogP contribution in [0.3, 0.4) is 0 Å². The van der Waals surface area contributed by atoms with E-state index >= 15 is 0 Å². The minimum atomic E-state index is -4.70. The average Bonchev–Trinajstić information content (AvgIpc) is 2.07. The molecule has 15 heavy (non-hydrogen) atoms. The van der Waals surface area contributed by atoms with Crippen LogP contribution in [0.25, 0.3) is 0 Å². The van der Waals surface area contributed by atoms with E-state index < -0.39 is 15.6 Å². The third-order valence-corrected chi connectivity index (χ3v) is 3.43.